The molecular weight excluding hydrogens is 366 g/mol. The Labute approximate surface area is 170 Å². The average Bonchev–Trinajstić information content (AvgIpc) is 3.15. The van der Waals surface area contributed by atoms with Crippen LogP contribution in [0.2, 0.25) is 0 Å². The van der Waals surface area contributed by atoms with Gasteiger partial charge in [0.05, 0.1) is 0 Å². The summed E-state index contributed by atoms with van der Waals surface area (Å²) in [7, 11) is 0. The molecule has 0 aliphatic rings. The second kappa shape index (κ2) is 10.2. The predicted molar refractivity (Wildman–Crippen MR) is 113 cm³/mol. The van der Waals surface area contributed by atoms with Crippen molar-refractivity contribution in [3.05, 3.63) is 66.8 Å². The van der Waals surface area contributed by atoms with Gasteiger partial charge in [-0.15, -0.1) is 0 Å². The summed E-state index contributed by atoms with van der Waals surface area (Å²) in [5, 5.41) is 5.76. The normalized spacial score (nSPS) is 10.5. The van der Waals surface area contributed by atoms with Crippen molar-refractivity contribution in [3.63, 3.8) is 0 Å². The molecule has 0 aliphatic heterocycles. The Balaban J connectivity index is 1.32. The van der Waals surface area contributed by atoms with E-state index in [1.54, 1.807) is 13.2 Å². The molecule has 0 saturated heterocycles. The summed E-state index contributed by atoms with van der Waals surface area (Å²) in [6.07, 6.45) is 4.85. The number of nitrogens with one attached hydrogen (secondary N) is 2. The number of benzene rings is 2. The number of unbranched alkanes of at least 4 members (excludes halogenated alkanes) is 2. The van der Waals surface area contributed by atoms with Gasteiger partial charge < -0.3 is 15.1 Å². The lowest BCUT2D eigenvalue weighted by atomic mass is 10.1. The minimum absolute atomic E-state index is 0.00282. The van der Waals surface area contributed by atoms with Crippen LogP contribution in [0.5, 0.6) is 0 Å². The summed E-state index contributed by atoms with van der Waals surface area (Å²) in [4.78, 5) is 28.3. The van der Waals surface area contributed by atoms with Gasteiger partial charge in [-0.05, 0) is 37.1 Å². The van der Waals surface area contributed by atoms with Gasteiger partial charge in [-0.1, -0.05) is 36.8 Å². The van der Waals surface area contributed by atoms with Crippen LogP contribution in [0.4, 0.5) is 11.4 Å². The van der Waals surface area contributed by atoms with Crippen LogP contribution < -0.4 is 10.6 Å². The number of hydrogen-bond acceptors (Lipinski definition) is 4. The Morgan fingerprint density at radius 3 is 1.97 bits per heavy atom. The van der Waals surface area contributed by atoms with E-state index in [4.69, 9.17) is 4.42 Å². The van der Waals surface area contributed by atoms with Crippen LogP contribution in [-0.4, -0.2) is 16.8 Å². The van der Waals surface area contributed by atoms with Crippen LogP contribution in [0.15, 0.2) is 65.3 Å². The Bertz CT molecular complexity index is 934. The Morgan fingerprint density at radius 1 is 0.828 bits per heavy atom. The van der Waals surface area contributed by atoms with Gasteiger partial charge in [0.1, 0.15) is 12.0 Å². The molecule has 150 valence electrons. The first-order valence-corrected chi connectivity index (χ1v) is 9.77. The Hall–Kier alpha value is -3.41. The first kappa shape index (κ1) is 20.3. The van der Waals surface area contributed by atoms with Gasteiger partial charge in [0.15, 0.2) is 5.89 Å². The van der Waals surface area contributed by atoms with E-state index in [2.05, 4.69) is 15.6 Å². The van der Waals surface area contributed by atoms with Gasteiger partial charge in [0, 0.05) is 36.7 Å². The third kappa shape index (κ3) is 6.60. The number of anilines is 2. The summed E-state index contributed by atoms with van der Waals surface area (Å²) >= 11 is 0. The van der Waals surface area contributed by atoms with Crippen LogP contribution >= 0.6 is 0 Å². The molecule has 0 atom stereocenters. The molecule has 3 rings (SSSR count). The van der Waals surface area contributed by atoms with E-state index in [0.717, 1.165) is 41.9 Å². The molecule has 6 heteroatoms. The molecule has 0 spiro atoms. The fourth-order valence-corrected chi connectivity index (χ4v) is 2.94. The minimum Gasteiger partial charge on any atom is -0.449 e. The standard InChI is InChI=1S/C23H25N3O3/c1-17-24-21(16-29-17)18-12-14-20(15-13-18)26-23(28)11-7-3-6-10-22(27)25-19-8-4-2-5-9-19/h2,4-5,8-9,12-16H,3,6-7,10-11H2,1H3,(H,25,27)(H,26,28). The van der Waals surface area contributed by atoms with Crippen LogP contribution in [0.3, 0.4) is 0 Å². The zero-order chi connectivity index (χ0) is 20.5. The van der Waals surface area contributed by atoms with E-state index in [1.165, 1.54) is 0 Å². The first-order valence-electron chi connectivity index (χ1n) is 9.77. The van der Waals surface area contributed by atoms with Crippen molar-refractivity contribution in [1.82, 2.24) is 4.98 Å². The number of para-hydroxylation sites is 1. The van der Waals surface area contributed by atoms with E-state index < -0.39 is 0 Å². The fraction of sp³-hybridized carbons (Fsp3) is 0.261. The number of nitrogens with zero attached hydrogens (tertiary/aromatic N) is 1. The second-order valence-corrected chi connectivity index (χ2v) is 6.85. The number of aryl methyl sites for hydroxylation is 1. The van der Waals surface area contributed by atoms with E-state index in [1.807, 2.05) is 54.6 Å². The number of aromatic nitrogens is 1. The van der Waals surface area contributed by atoms with Crippen LogP contribution in [-0.2, 0) is 9.59 Å². The van der Waals surface area contributed by atoms with Gasteiger partial charge in [0.2, 0.25) is 11.8 Å². The van der Waals surface area contributed by atoms with E-state index in [9.17, 15) is 9.59 Å². The zero-order valence-electron chi connectivity index (χ0n) is 16.5. The number of oxazole rings is 1. The van der Waals surface area contributed by atoms with Crippen molar-refractivity contribution in [2.75, 3.05) is 10.6 Å². The highest BCUT2D eigenvalue weighted by Gasteiger charge is 2.06. The SMILES string of the molecule is Cc1nc(-c2ccc(NC(=O)CCCCCC(=O)Nc3ccccc3)cc2)co1. The smallest absolute Gasteiger partial charge is 0.224 e. The van der Waals surface area contributed by atoms with Crippen molar-refractivity contribution >= 4 is 23.2 Å². The molecule has 0 unspecified atom stereocenters. The molecule has 1 aromatic heterocycles. The number of carbonyl (C=O) groups excluding carboxylic acids is 2. The molecule has 2 N–H and O–H groups in total. The largest absolute Gasteiger partial charge is 0.449 e. The third-order valence-electron chi connectivity index (χ3n) is 4.45. The summed E-state index contributed by atoms with van der Waals surface area (Å²) in [5.41, 5.74) is 3.27. The third-order valence-corrected chi connectivity index (χ3v) is 4.45. The maximum atomic E-state index is 12.1. The van der Waals surface area contributed by atoms with Crippen LogP contribution in [0, 0.1) is 6.92 Å². The predicted octanol–water partition coefficient (Wildman–Crippen LogP) is 5.18. The maximum Gasteiger partial charge on any atom is 0.224 e. The maximum absolute atomic E-state index is 12.1. The molecule has 2 amide bonds. The molecule has 0 aliphatic carbocycles. The van der Waals surface area contributed by atoms with E-state index in [0.29, 0.717) is 18.7 Å². The lowest BCUT2D eigenvalue weighted by Gasteiger charge is -2.07. The topological polar surface area (TPSA) is 84.2 Å². The summed E-state index contributed by atoms with van der Waals surface area (Å²) in [6, 6.07) is 16.9. The zero-order valence-corrected chi connectivity index (χ0v) is 16.5. The summed E-state index contributed by atoms with van der Waals surface area (Å²) in [6.45, 7) is 1.80. The van der Waals surface area contributed by atoms with Crippen molar-refractivity contribution in [2.45, 2.75) is 39.0 Å². The number of hydrogen-bond donors (Lipinski definition) is 2. The van der Waals surface area contributed by atoms with Crippen LogP contribution in [0.25, 0.3) is 11.3 Å². The lowest BCUT2D eigenvalue weighted by molar-refractivity contribution is -0.116. The Morgan fingerprint density at radius 2 is 1.41 bits per heavy atom. The van der Waals surface area contributed by atoms with Crippen LogP contribution in [0.1, 0.15) is 38.0 Å². The number of carbonyl (C=O) groups is 2. The van der Waals surface area contributed by atoms with Gasteiger partial charge in [-0.3, -0.25) is 9.59 Å². The molecule has 3 aromatic rings. The second-order valence-electron chi connectivity index (χ2n) is 6.85. The number of rotatable bonds is 9. The average molecular weight is 391 g/mol. The van der Waals surface area contributed by atoms with E-state index >= 15 is 0 Å². The van der Waals surface area contributed by atoms with Crippen molar-refractivity contribution in [3.8, 4) is 11.3 Å². The highest BCUT2D eigenvalue weighted by molar-refractivity contribution is 5.91. The first-order chi connectivity index (χ1) is 14.1. The quantitative estimate of drug-likeness (QED) is 0.492. The molecular formula is C23H25N3O3. The molecule has 0 bridgehead atoms. The van der Waals surface area contributed by atoms with Gasteiger partial charge in [0.25, 0.3) is 0 Å². The molecule has 0 radical (unpaired) electrons. The molecule has 0 fully saturated rings. The molecule has 1 heterocycles. The number of amides is 2. The monoisotopic (exact) mass is 391 g/mol. The van der Waals surface area contributed by atoms with Crippen molar-refractivity contribution in [1.29, 1.82) is 0 Å². The molecule has 2 aromatic carbocycles. The summed E-state index contributed by atoms with van der Waals surface area (Å²) in [5.74, 6) is 0.599. The molecule has 6 nitrogen and oxygen atoms in total. The highest BCUT2D eigenvalue weighted by Crippen LogP contribution is 2.21. The van der Waals surface area contributed by atoms with Gasteiger partial charge in [-0.25, -0.2) is 4.98 Å². The minimum atomic E-state index is -0.0243. The molecule has 0 saturated carbocycles. The van der Waals surface area contributed by atoms with Gasteiger partial charge >= 0.3 is 0 Å². The van der Waals surface area contributed by atoms with Crippen molar-refractivity contribution < 1.29 is 14.0 Å². The Kier molecular flexibility index (Phi) is 7.16. The highest BCUT2D eigenvalue weighted by atomic mass is 16.3. The van der Waals surface area contributed by atoms with Gasteiger partial charge in [-0.2, -0.15) is 0 Å². The lowest BCUT2D eigenvalue weighted by Crippen LogP contribution is -2.12. The fourth-order valence-electron chi connectivity index (χ4n) is 2.94. The van der Waals surface area contributed by atoms with E-state index in [-0.39, 0.29) is 11.8 Å². The summed E-state index contributed by atoms with van der Waals surface area (Å²) < 4.78 is 5.22. The van der Waals surface area contributed by atoms with Crippen molar-refractivity contribution in [2.24, 2.45) is 0 Å². The molecule has 29 heavy (non-hydrogen) atoms.